The summed E-state index contributed by atoms with van der Waals surface area (Å²) >= 11 is 1.69. The van der Waals surface area contributed by atoms with Crippen LogP contribution in [0.25, 0.3) is 0 Å². The van der Waals surface area contributed by atoms with Crippen LogP contribution in [0.3, 0.4) is 0 Å². The van der Waals surface area contributed by atoms with Crippen molar-refractivity contribution in [2.75, 3.05) is 19.8 Å². The number of guanidine groups is 1. The van der Waals surface area contributed by atoms with Crippen LogP contribution in [-0.4, -0.2) is 45.7 Å². The molecule has 3 rings (SSSR count). The molecule has 29 heavy (non-hydrogen) atoms. The Morgan fingerprint density at radius 1 is 1.31 bits per heavy atom. The van der Waals surface area contributed by atoms with Crippen molar-refractivity contribution < 1.29 is 4.52 Å². The van der Waals surface area contributed by atoms with E-state index in [9.17, 15) is 0 Å². The van der Waals surface area contributed by atoms with Crippen molar-refractivity contribution in [3.8, 4) is 0 Å². The lowest BCUT2D eigenvalue weighted by atomic mass is 10.1. The van der Waals surface area contributed by atoms with Crippen LogP contribution in [0.1, 0.15) is 75.2 Å². The van der Waals surface area contributed by atoms with Gasteiger partial charge in [0.05, 0.1) is 12.2 Å². The summed E-state index contributed by atoms with van der Waals surface area (Å²) in [6.45, 7) is 5.59. The van der Waals surface area contributed by atoms with Gasteiger partial charge in [-0.2, -0.15) is 0 Å². The zero-order valence-electron chi connectivity index (χ0n) is 17.9. The number of nitrogens with one attached hydrogen (secondary N) is 2. The number of aliphatic imine (C=N–C) groups is 1. The highest BCUT2D eigenvalue weighted by molar-refractivity contribution is 7.98. The van der Waals surface area contributed by atoms with E-state index in [0.717, 1.165) is 47.8 Å². The number of rotatable bonds is 9. The molecule has 1 aliphatic carbocycles. The molecule has 1 saturated carbocycles. The van der Waals surface area contributed by atoms with Crippen molar-refractivity contribution in [2.24, 2.45) is 4.99 Å². The van der Waals surface area contributed by atoms with Gasteiger partial charge in [-0.1, -0.05) is 43.6 Å². The summed E-state index contributed by atoms with van der Waals surface area (Å²) in [7, 11) is 1.77. The van der Waals surface area contributed by atoms with Crippen LogP contribution in [-0.2, 0) is 13.0 Å². The van der Waals surface area contributed by atoms with E-state index in [2.05, 4.69) is 55.7 Å². The summed E-state index contributed by atoms with van der Waals surface area (Å²) in [5.41, 5.74) is 0.973. The lowest BCUT2D eigenvalue weighted by Gasteiger charge is -2.16. The third-order valence-electron chi connectivity index (χ3n) is 5.30. The van der Waals surface area contributed by atoms with E-state index < -0.39 is 0 Å². The van der Waals surface area contributed by atoms with Crippen LogP contribution in [0, 0.1) is 0 Å². The van der Waals surface area contributed by atoms with E-state index in [4.69, 9.17) is 4.52 Å². The number of thioether (sulfide) groups is 1. The lowest BCUT2D eigenvalue weighted by molar-refractivity contribution is 0.372. The predicted molar refractivity (Wildman–Crippen MR) is 116 cm³/mol. The van der Waals surface area contributed by atoms with Crippen molar-refractivity contribution >= 4 is 17.7 Å². The fourth-order valence-corrected chi connectivity index (χ4v) is 4.25. The first kappa shape index (κ1) is 21.7. The minimum atomic E-state index is 0.364. The fraction of sp³-hybridized carbons (Fsp3) is 0.700. The summed E-state index contributed by atoms with van der Waals surface area (Å²) in [6, 6.07) is 2.56. The Bertz CT molecular complexity index is 793. The van der Waals surface area contributed by atoms with Gasteiger partial charge in [-0.05, 0) is 31.4 Å². The number of hydrogen-bond donors (Lipinski definition) is 2. The number of nitrogens with zero attached hydrogens (tertiary/aromatic N) is 5. The topological polar surface area (TPSA) is 93.2 Å². The minimum Gasteiger partial charge on any atom is -0.359 e. The molecule has 0 spiro atoms. The van der Waals surface area contributed by atoms with E-state index in [0.29, 0.717) is 18.5 Å². The zero-order valence-corrected chi connectivity index (χ0v) is 18.8. The maximum atomic E-state index is 5.36. The minimum absolute atomic E-state index is 0.364. The Morgan fingerprint density at radius 3 is 2.76 bits per heavy atom. The van der Waals surface area contributed by atoms with E-state index >= 15 is 0 Å². The molecule has 0 unspecified atom stereocenters. The molecule has 2 N–H and O–H groups in total. The van der Waals surface area contributed by atoms with Gasteiger partial charge in [0.15, 0.2) is 16.9 Å². The van der Waals surface area contributed by atoms with Crippen LogP contribution >= 0.6 is 11.8 Å². The molecule has 0 atom stereocenters. The fourth-order valence-electron chi connectivity index (χ4n) is 3.68. The Labute approximate surface area is 177 Å². The lowest BCUT2D eigenvalue weighted by Crippen LogP contribution is -2.37. The van der Waals surface area contributed by atoms with Crippen LogP contribution < -0.4 is 10.6 Å². The van der Waals surface area contributed by atoms with Gasteiger partial charge in [-0.3, -0.25) is 4.99 Å². The average Bonchev–Trinajstić information content (AvgIpc) is 3.47. The van der Waals surface area contributed by atoms with Gasteiger partial charge in [0, 0.05) is 32.1 Å². The summed E-state index contributed by atoms with van der Waals surface area (Å²) < 4.78 is 7.74. The molecule has 0 amide bonds. The van der Waals surface area contributed by atoms with E-state index in [1.165, 1.54) is 25.7 Å². The van der Waals surface area contributed by atoms with Crippen molar-refractivity contribution in [3.05, 3.63) is 23.3 Å². The molecule has 1 fully saturated rings. The molecule has 0 aromatic carbocycles. The summed E-state index contributed by atoms with van der Waals surface area (Å²) in [5, 5.41) is 20.6. The Balaban J connectivity index is 1.45. The van der Waals surface area contributed by atoms with Crippen LogP contribution in [0.5, 0.6) is 0 Å². The highest BCUT2D eigenvalue weighted by atomic mass is 32.2. The molecule has 9 heteroatoms. The van der Waals surface area contributed by atoms with Gasteiger partial charge in [-0.15, -0.1) is 10.2 Å². The molecule has 1 aliphatic rings. The van der Waals surface area contributed by atoms with Crippen molar-refractivity contribution in [2.45, 2.75) is 76.0 Å². The van der Waals surface area contributed by atoms with Gasteiger partial charge >= 0.3 is 0 Å². The normalized spacial score (nSPS) is 15.4. The van der Waals surface area contributed by atoms with Gasteiger partial charge in [0.1, 0.15) is 5.82 Å². The highest BCUT2D eigenvalue weighted by Gasteiger charge is 2.23. The second-order valence-electron chi connectivity index (χ2n) is 7.74. The first-order chi connectivity index (χ1) is 14.1. The Morgan fingerprint density at radius 2 is 2.10 bits per heavy atom. The van der Waals surface area contributed by atoms with Gasteiger partial charge in [0.2, 0.25) is 0 Å². The smallest absolute Gasteiger partial charge is 0.191 e. The maximum absolute atomic E-state index is 5.36. The number of aryl methyl sites for hydroxylation is 1. The summed E-state index contributed by atoms with van der Waals surface area (Å²) in [6.07, 6.45) is 9.07. The van der Waals surface area contributed by atoms with E-state index in [1.807, 2.05) is 6.07 Å². The van der Waals surface area contributed by atoms with Gasteiger partial charge < -0.3 is 19.7 Å². The van der Waals surface area contributed by atoms with Crippen LogP contribution in [0.2, 0.25) is 0 Å². The number of hydrogen-bond acceptors (Lipinski definition) is 6. The van der Waals surface area contributed by atoms with Crippen molar-refractivity contribution in [3.63, 3.8) is 0 Å². The molecule has 2 aromatic rings. The second-order valence-corrected chi connectivity index (χ2v) is 8.51. The molecule has 0 saturated heterocycles. The third-order valence-corrected chi connectivity index (χ3v) is 5.94. The monoisotopic (exact) mass is 419 g/mol. The third kappa shape index (κ3) is 5.74. The molecule has 160 valence electrons. The van der Waals surface area contributed by atoms with Crippen molar-refractivity contribution in [1.82, 2.24) is 30.6 Å². The molecular weight excluding hydrogens is 386 g/mol. The molecular formula is C20H33N7OS. The molecule has 0 radical (unpaired) electrons. The predicted octanol–water partition coefficient (Wildman–Crippen LogP) is 3.52. The molecule has 8 nitrogen and oxygen atoms in total. The van der Waals surface area contributed by atoms with Crippen LogP contribution in [0.15, 0.2) is 20.7 Å². The highest BCUT2D eigenvalue weighted by Crippen LogP contribution is 2.33. The first-order valence-electron chi connectivity index (χ1n) is 10.5. The molecule has 0 aliphatic heterocycles. The van der Waals surface area contributed by atoms with Gasteiger partial charge in [0.25, 0.3) is 0 Å². The Kier molecular flexibility index (Phi) is 7.97. The summed E-state index contributed by atoms with van der Waals surface area (Å²) in [4.78, 5) is 4.28. The van der Waals surface area contributed by atoms with Crippen LogP contribution in [0.4, 0.5) is 0 Å². The maximum Gasteiger partial charge on any atom is 0.191 e. The van der Waals surface area contributed by atoms with Crippen molar-refractivity contribution in [1.29, 1.82) is 0 Å². The number of aromatic nitrogens is 4. The molecule has 0 bridgehead atoms. The Hall–Kier alpha value is -2.03. The quantitative estimate of drug-likeness (QED) is 0.278. The second kappa shape index (κ2) is 10.7. The van der Waals surface area contributed by atoms with Gasteiger partial charge in [-0.25, -0.2) is 0 Å². The average molecular weight is 420 g/mol. The largest absolute Gasteiger partial charge is 0.359 e. The molecule has 2 heterocycles. The standard InChI is InChI=1S/C20H33N7OS/c1-14(2)17-12-16(28-26-17)13-23-19(21-3)22-11-7-10-18-24-25-20(29-4)27(18)15-8-5-6-9-15/h12,14-15H,5-11,13H2,1-4H3,(H2,21,22,23). The summed E-state index contributed by atoms with van der Waals surface area (Å²) in [5.74, 6) is 3.04. The first-order valence-corrected chi connectivity index (χ1v) is 11.7. The SMILES string of the molecule is CN=C(NCCCc1nnc(SC)n1C1CCCC1)NCc1cc(C(C)C)no1. The molecule has 2 aromatic heterocycles. The van der Waals surface area contributed by atoms with E-state index in [-0.39, 0.29) is 0 Å². The van der Waals surface area contributed by atoms with E-state index in [1.54, 1.807) is 18.8 Å². The zero-order chi connectivity index (χ0) is 20.6.